The molecule has 0 unspecified atom stereocenters. The highest BCUT2D eigenvalue weighted by molar-refractivity contribution is 5.79. The summed E-state index contributed by atoms with van der Waals surface area (Å²) in [7, 11) is 0. The van der Waals surface area contributed by atoms with Gasteiger partial charge in [0.05, 0.1) is 0 Å². The average Bonchev–Trinajstić information content (AvgIpc) is 2.26. The van der Waals surface area contributed by atoms with Gasteiger partial charge < -0.3 is 10.1 Å². The number of carbonyl (C=O) groups is 1. The van der Waals surface area contributed by atoms with E-state index in [-0.39, 0.29) is 12.0 Å². The molecule has 1 aromatic rings. The Bertz CT molecular complexity index is 420. The van der Waals surface area contributed by atoms with E-state index in [2.05, 4.69) is 11.4 Å². The van der Waals surface area contributed by atoms with E-state index >= 15 is 0 Å². The lowest BCUT2D eigenvalue weighted by Crippen LogP contribution is -2.39. The number of rotatable bonds is 1. The highest BCUT2D eigenvalue weighted by Crippen LogP contribution is 2.25. The van der Waals surface area contributed by atoms with E-state index < -0.39 is 5.60 Å². The van der Waals surface area contributed by atoms with Gasteiger partial charge in [-0.25, -0.2) is 4.79 Å². The second kappa shape index (κ2) is 4.49. The first-order valence-electron chi connectivity index (χ1n) is 6.01. The van der Waals surface area contributed by atoms with Crippen LogP contribution in [-0.4, -0.2) is 18.1 Å². The molecule has 1 aromatic carbocycles. The number of benzene rings is 1. The lowest BCUT2D eigenvalue weighted by Gasteiger charge is -2.28. The van der Waals surface area contributed by atoms with Crippen molar-refractivity contribution in [3.8, 4) is 0 Å². The molecular weight excluding hydrogens is 214 g/mol. The van der Waals surface area contributed by atoms with E-state index in [1.54, 1.807) is 0 Å². The topological polar surface area (TPSA) is 38.3 Å². The summed E-state index contributed by atoms with van der Waals surface area (Å²) < 4.78 is 5.43. The summed E-state index contributed by atoms with van der Waals surface area (Å²) in [5.74, 6) is -0.190. The molecule has 1 heterocycles. The Morgan fingerprint density at radius 1 is 1.35 bits per heavy atom. The predicted molar refractivity (Wildman–Crippen MR) is 66.7 cm³/mol. The molecule has 0 aromatic heterocycles. The lowest BCUT2D eigenvalue weighted by atomic mass is 9.94. The first-order valence-corrected chi connectivity index (χ1v) is 6.01. The molecule has 1 aliphatic rings. The molecule has 1 atom stereocenters. The minimum Gasteiger partial charge on any atom is -0.459 e. The Morgan fingerprint density at radius 2 is 2.06 bits per heavy atom. The maximum atomic E-state index is 12.1. The number of fused-ring (bicyclic) bond motifs is 1. The van der Waals surface area contributed by atoms with E-state index in [9.17, 15) is 4.79 Å². The molecule has 0 saturated carbocycles. The summed E-state index contributed by atoms with van der Waals surface area (Å²) in [5.41, 5.74) is 1.85. The molecule has 1 N–H and O–H groups in total. The Labute approximate surface area is 102 Å². The zero-order valence-corrected chi connectivity index (χ0v) is 10.6. The van der Waals surface area contributed by atoms with Gasteiger partial charge in [-0.15, -0.1) is 0 Å². The summed E-state index contributed by atoms with van der Waals surface area (Å²) in [4.78, 5) is 12.1. The van der Waals surface area contributed by atoms with Crippen molar-refractivity contribution in [3.05, 3.63) is 35.4 Å². The van der Waals surface area contributed by atoms with Gasteiger partial charge in [0.2, 0.25) is 0 Å². The molecule has 17 heavy (non-hydrogen) atoms. The van der Waals surface area contributed by atoms with Crippen LogP contribution in [0, 0.1) is 0 Å². The highest BCUT2D eigenvalue weighted by atomic mass is 16.6. The number of carbonyl (C=O) groups excluding carboxylic acids is 1. The standard InChI is InChI=1S/C14H19NO2/c1-14(2,3)17-13(16)12-11-7-5-4-6-10(11)8-9-15-12/h4-7,12,15H,8-9H2,1-3H3/t12-/m0/s1. The van der Waals surface area contributed by atoms with Gasteiger partial charge in [-0.2, -0.15) is 0 Å². The van der Waals surface area contributed by atoms with Crippen molar-refractivity contribution in [3.63, 3.8) is 0 Å². The van der Waals surface area contributed by atoms with E-state index in [1.807, 2.05) is 39.0 Å². The minimum absolute atomic E-state index is 0.190. The quantitative estimate of drug-likeness (QED) is 0.756. The molecule has 0 aliphatic carbocycles. The fraction of sp³-hybridized carbons (Fsp3) is 0.500. The number of nitrogens with one attached hydrogen (secondary N) is 1. The first-order chi connectivity index (χ1) is 7.97. The molecule has 0 amide bonds. The highest BCUT2D eigenvalue weighted by Gasteiger charge is 2.29. The second-order valence-electron chi connectivity index (χ2n) is 5.37. The summed E-state index contributed by atoms with van der Waals surface area (Å²) in [6, 6.07) is 7.72. The summed E-state index contributed by atoms with van der Waals surface area (Å²) in [5, 5.41) is 3.22. The molecule has 92 valence electrons. The maximum Gasteiger partial charge on any atom is 0.328 e. The van der Waals surface area contributed by atoms with Gasteiger partial charge in [-0.05, 0) is 38.3 Å². The van der Waals surface area contributed by atoms with Crippen molar-refractivity contribution < 1.29 is 9.53 Å². The van der Waals surface area contributed by atoms with Gasteiger partial charge in [-0.3, -0.25) is 0 Å². The molecule has 0 bridgehead atoms. The third-order valence-electron chi connectivity index (χ3n) is 2.75. The smallest absolute Gasteiger partial charge is 0.328 e. The fourth-order valence-corrected chi connectivity index (χ4v) is 2.08. The summed E-state index contributed by atoms with van der Waals surface area (Å²) in [6.07, 6.45) is 0.968. The molecule has 2 rings (SSSR count). The zero-order chi connectivity index (χ0) is 12.5. The van der Waals surface area contributed by atoms with Gasteiger partial charge in [0, 0.05) is 6.54 Å². The third kappa shape index (κ3) is 2.86. The SMILES string of the molecule is CC(C)(C)OC(=O)[C@H]1NCCc2ccccc21. The Balaban J connectivity index is 2.21. The van der Waals surface area contributed by atoms with Gasteiger partial charge >= 0.3 is 5.97 Å². The molecule has 3 nitrogen and oxygen atoms in total. The number of ether oxygens (including phenoxy) is 1. The van der Waals surface area contributed by atoms with Crippen LogP contribution in [-0.2, 0) is 16.0 Å². The zero-order valence-electron chi connectivity index (χ0n) is 10.6. The van der Waals surface area contributed by atoms with Crippen molar-refractivity contribution in [2.45, 2.75) is 38.8 Å². The van der Waals surface area contributed by atoms with E-state index in [1.165, 1.54) is 5.56 Å². The van der Waals surface area contributed by atoms with Crippen molar-refractivity contribution in [2.24, 2.45) is 0 Å². The van der Waals surface area contributed by atoms with Crippen molar-refractivity contribution in [1.82, 2.24) is 5.32 Å². The van der Waals surface area contributed by atoms with Crippen LogP contribution < -0.4 is 5.32 Å². The van der Waals surface area contributed by atoms with Crippen LogP contribution >= 0.6 is 0 Å². The maximum absolute atomic E-state index is 12.1. The van der Waals surface area contributed by atoms with Crippen LogP contribution in [0.1, 0.15) is 37.9 Å². The first kappa shape index (κ1) is 12.1. The van der Waals surface area contributed by atoms with Gasteiger partial charge in [-0.1, -0.05) is 24.3 Å². The van der Waals surface area contributed by atoms with Crippen molar-refractivity contribution in [2.75, 3.05) is 6.54 Å². The minimum atomic E-state index is -0.439. The lowest BCUT2D eigenvalue weighted by molar-refractivity contribution is -0.157. The van der Waals surface area contributed by atoms with E-state index in [0.717, 1.165) is 18.5 Å². The van der Waals surface area contributed by atoms with Crippen molar-refractivity contribution >= 4 is 5.97 Å². The molecule has 1 aliphatic heterocycles. The van der Waals surface area contributed by atoms with E-state index in [0.29, 0.717) is 0 Å². The van der Waals surface area contributed by atoms with Gasteiger partial charge in [0.15, 0.2) is 0 Å². The predicted octanol–water partition coefficient (Wildman–Crippen LogP) is 2.22. The summed E-state index contributed by atoms with van der Waals surface area (Å²) >= 11 is 0. The summed E-state index contributed by atoms with van der Waals surface area (Å²) in [6.45, 7) is 6.49. The number of hydrogen-bond donors (Lipinski definition) is 1. The molecule has 3 heteroatoms. The number of hydrogen-bond acceptors (Lipinski definition) is 3. The van der Waals surface area contributed by atoms with Gasteiger partial charge in [0.1, 0.15) is 11.6 Å². The Morgan fingerprint density at radius 3 is 2.76 bits per heavy atom. The molecule has 0 radical (unpaired) electrons. The molecule has 0 saturated heterocycles. The van der Waals surface area contributed by atoms with Crippen molar-refractivity contribution in [1.29, 1.82) is 0 Å². The van der Waals surface area contributed by atoms with Crippen LogP contribution in [0.25, 0.3) is 0 Å². The fourth-order valence-electron chi connectivity index (χ4n) is 2.08. The Hall–Kier alpha value is -1.35. The monoisotopic (exact) mass is 233 g/mol. The van der Waals surface area contributed by atoms with Crippen LogP contribution in [0.5, 0.6) is 0 Å². The Kier molecular flexibility index (Phi) is 3.20. The van der Waals surface area contributed by atoms with Crippen LogP contribution in [0.3, 0.4) is 0 Å². The second-order valence-corrected chi connectivity index (χ2v) is 5.37. The average molecular weight is 233 g/mol. The normalized spacial score (nSPS) is 19.6. The van der Waals surface area contributed by atoms with E-state index in [4.69, 9.17) is 4.74 Å². The van der Waals surface area contributed by atoms with Crippen LogP contribution in [0.2, 0.25) is 0 Å². The van der Waals surface area contributed by atoms with Crippen LogP contribution in [0.15, 0.2) is 24.3 Å². The molecule has 0 fully saturated rings. The van der Waals surface area contributed by atoms with Crippen LogP contribution in [0.4, 0.5) is 0 Å². The van der Waals surface area contributed by atoms with Gasteiger partial charge in [0.25, 0.3) is 0 Å². The largest absolute Gasteiger partial charge is 0.459 e. The molecule has 0 spiro atoms. The molecular formula is C14H19NO2. The third-order valence-corrected chi connectivity index (χ3v) is 2.75. The number of esters is 1.